The van der Waals surface area contributed by atoms with Gasteiger partial charge in [-0.15, -0.1) is 0 Å². The molecule has 54 valence electrons. The van der Waals surface area contributed by atoms with Crippen LogP contribution < -0.4 is 5.73 Å². The van der Waals surface area contributed by atoms with E-state index >= 15 is 0 Å². The van der Waals surface area contributed by atoms with Crippen LogP contribution in [0.5, 0.6) is 0 Å². The van der Waals surface area contributed by atoms with Crippen molar-refractivity contribution >= 4 is 5.91 Å². The number of aliphatic hydroxyl groups excluding tert-OH is 2. The summed E-state index contributed by atoms with van der Waals surface area (Å²) in [7, 11) is 0. The molecule has 0 radical (unpaired) electrons. The van der Waals surface area contributed by atoms with Crippen LogP contribution in [0.4, 0.5) is 0 Å². The molecule has 0 aromatic heterocycles. The summed E-state index contributed by atoms with van der Waals surface area (Å²) in [4.78, 5) is 10.0. The molecular formula is C5H11NO3. The number of amides is 1. The number of rotatable bonds is 4. The van der Waals surface area contributed by atoms with E-state index in [1.807, 2.05) is 0 Å². The van der Waals surface area contributed by atoms with E-state index in [-0.39, 0.29) is 19.4 Å². The zero-order chi connectivity index (χ0) is 7.28. The van der Waals surface area contributed by atoms with Gasteiger partial charge in [0, 0.05) is 6.42 Å². The van der Waals surface area contributed by atoms with Gasteiger partial charge in [0.25, 0.3) is 0 Å². The number of aliphatic hydroxyl groups is 2. The predicted molar refractivity (Wildman–Crippen MR) is 31.5 cm³/mol. The molecule has 4 N–H and O–H groups in total. The quantitative estimate of drug-likeness (QED) is 0.441. The fourth-order valence-corrected chi connectivity index (χ4v) is 0.400. The highest BCUT2D eigenvalue weighted by Gasteiger charge is 2.02. The molecule has 4 nitrogen and oxygen atoms in total. The lowest BCUT2D eigenvalue weighted by Crippen LogP contribution is -2.17. The topological polar surface area (TPSA) is 83.6 Å². The lowest BCUT2D eigenvalue weighted by molar-refractivity contribution is -0.118. The number of hydrogen-bond donors (Lipinski definition) is 3. The van der Waals surface area contributed by atoms with Crippen LogP contribution >= 0.6 is 0 Å². The maximum absolute atomic E-state index is 10.0. The number of carbonyl (C=O) groups is 1. The van der Waals surface area contributed by atoms with Crippen LogP contribution in [0, 0.1) is 0 Å². The van der Waals surface area contributed by atoms with E-state index in [1.165, 1.54) is 0 Å². The first kappa shape index (κ1) is 8.39. The first-order chi connectivity index (χ1) is 4.16. The summed E-state index contributed by atoms with van der Waals surface area (Å²) >= 11 is 0. The third-order valence-electron chi connectivity index (χ3n) is 0.935. The first-order valence-electron chi connectivity index (χ1n) is 2.74. The lowest BCUT2D eigenvalue weighted by atomic mass is 10.2. The average molecular weight is 133 g/mol. The molecule has 0 rings (SSSR count). The fourth-order valence-electron chi connectivity index (χ4n) is 0.400. The summed E-state index contributed by atoms with van der Waals surface area (Å²) in [5.41, 5.74) is 4.76. The van der Waals surface area contributed by atoms with Crippen molar-refractivity contribution in [3.05, 3.63) is 0 Å². The van der Waals surface area contributed by atoms with E-state index in [2.05, 4.69) is 0 Å². The zero-order valence-corrected chi connectivity index (χ0v) is 5.08. The first-order valence-corrected chi connectivity index (χ1v) is 2.74. The minimum Gasteiger partial charge on any atom is -0.394 e. The lowest BCUT2D eigenvalue weighted by Gasteiger charge is -2.02. The molecule has 0 saturated carbocycles. The van der Waals surface area contributed by atoms with E-state index in [1.54, 1.807) is 0 Å². The summed E-state index contributed by atoms with van der Waals surface area (Å²) in [6.45, 7) is -0.312. The van der Waals surface area contributed by atoms with Gasteiger partial charge in [-0.1, -0.05) is 0 Å². The molecule has 9 heavy (non-hydrogen) atoms. The molecule has 1 atom stereocenters. The summed E-state index contributed by atoms with van der Waals surface area (Å²) in [5, 5.41) is 16.9. The van der Waals surface area contributed by atoms with E-state index in [9.17, 15) is 4.79 Å². The van der Waals surface area contributed by atoms with Crippen molar-refractivity contribution < 1.29 is 15.0 Å². The highest BCUT2D eigenvalue weighted by atomic mass is 16.3. The number of carbonyl (C=O) groups excluding carboxylic acids is 1. The zero-order valence-electron chi connectivity index (χ0n) is 5.08. The minimum atomic E-state index is -0.808. The SMILES string of the molecule is NC(=O)CCC(O)CO. The van der Waals surface area contributed by atoms with Gasteiger partial charge in [0.05, 0.1) is 12.7 Å². The van der Waals surface area contributed by atoms with Gasteiger partial charge >= 0.3 is 0 Å². The molecule has 0 aliphatic heterocycles. The second kappa shape index (κ2) is 4.29. The number of primary amides is 1. The Morgan fingerprint density at radius 2 is 2.22 bits per heavy atom. The third-order valence-corrected chi connectivity index (χ3v) is 0.935. The van der Waals surface area contributed by atoms with Crippen LogP contribution in [0.15, 0.2) is 0 Å². The molecule has 0 aliphatic rings. The van der Waals surface area contributed by atoms with Gasteiger partial charge in [-0.3, -0.25) is 4.79 Å². The van der Waals surface area contributed by atoms with Gasteiger partial charge in [0.15, 0.2) is 0 Å². The number of hydrogen-bond acceptors (Lipinski definition) is 3. The smallest absolute Gasteiger partial charge is 0.217 e. The Balaban J connectivity index is 3.16. The summed E-state index contributed by atoms with van der Waals surface area (Å²) in [6.07, 6.45) is -0.439. The van der Waals surface area contributed by atoms with Gasteiger partial charge in [-0.2, -0.15) is 0 Å². The fraction of sp³-hybridized carbons (Fsp3) is 0.800. The second-order valence-corrected chi connectivity index (χ2v) is 1.84. The van der Waals surface area contributed by atoms with E-state index < -0.39 is 12.0 Å². The monoisotopic (exact) mass is 133 g/mol. The van der Waals surface area contributed by atoms with Crippen molar-refractivity contribution in [3.63, 3.8) is 0 Å². The van der Waals surface area contributed by atoms with Crippen molar-refractivity contribution in [1.29, 1.82) is 0 Å². The third kappa shape index (κ3) is 5.26. The Kier molecular flexibility index (Phi) is 4.00. The predicted octanol–water partition coefficient (Wildman–Crippen LogP) is -1.39. The van der Waals surface area contributed by atoms with Crippen molar-refractivity contribution in [2.45, 2.75) is 18.9 Å². The highest BCUT2D eigenvalue weighted by molar-refractivity contribution is 5.73. The van der Waals surface area contributed by atoms with Crippen molar-refractivity contribution in [2.24, 2.45) is 5.73 Å². The van der Waals surface area contributed by atoms with Crippen molar-refractivity contribution in [1.82, 2.24) is 0 Å². The Hall–Kier alpha value is -0.610. The Morgan fingerprint density at radius 3 is 2.56 bits per heavy atom. The maximum atomic E-state index is 10.0. The molecule has 0 aliphatic carbocycles. The summed E-state index contributed by atoms with van der Waals surface area (Å²) < 4.78 is 0. The van der Waals surface area contributed by atoms with Crippen LogP contribution in [0.3, 0.4) is 0 Å². The highest BCUT2D eigenvalue weighted by Crippen LogP contribution is 1.93. The Bertz CT molecular complexity index is 94.2. The molecule has 1 unspecified atom stereocenters. The number of nitrogens with two attached hydrogens (primary N) is 1. The Labute approximate surface area is 53.3 Å². The van der Waals surface area contributed by atoms with Gasteiger partial charge in [0.2, 0.25) is 5.91 Å². The van der Waals surface area contributed by atoms with E-state index in [0.717, 1.165) is 0 Å². The van der Waals surface area contributed by atoms with Crippen LogP contribution in [-0.2, 0) is 4.79 Å². The van der Waals surface area contributed by atoms with Gasteiger partial charge in [-0.05, 0) is 6.42 Å². The standard InChI is InChI=1S/C5H11NO3/c6-5(9)2-1-4(8)3-7/h4,7-8H,1-3H2,(H2,6,9). The molecule has 0 saturated heterocycles. The van der Waals surface area contributed by atoms with Crippen LogP contribution in [0.25, 0.3) is 0 Å². The molecule has 1 amide bonds. The molecule has 4 heteroatoms. The molecule has 0 aromatic carbocycles. The van der Waals surface area contributed by atoms with E-state index in [0.29, 0.717) is 0 Å². The van der Waals surface area contributed by atoms with Crippen molar-refractivity contribution in [2.75, 3.05) is 6.61 Å². The average Bonchev–Trinajstić information content (AvgIpc) is 1.83. The molecule has 0 aromatic rings. The minimum absolute atomic E-state index is 0.127. The summed E-state index contributed by atoms with van der Waals surface area (Å²) in [5.74, 6) is -0.456. The Morgan fingerprint density at radius 1 is 1.67 bits per heavy atom. The normalized spacial score (nSPS) is 13.1. The van der Waals surface area contributed by atoms with Crippen LogP contribution in [-0.4, -0.2) is 28.8 Å². The second-order valence-electron chi connectivity index (χ2n) is 1.84. The van der Waals surface area contributed by atoms with Gasteiger partial charge in [-0.25, -0.2) is 0 Å². The van der Waals surface area contributed by atoms with Gasteiger partial charge in [0.1, 0.15) is 0 Å². The maximum Gasteiger partial charge on any atom is 0.217 e. The molecule has 0 fully saturated rings. The van der Waals surface area contributed by atoms with Gasteiger partial charge < -0.3 is 15.9 Å². The molecule has 0 spiro atoms. The summed E-state index contributed by atoms with van der Waals surface area (Å²) in [6, 6.07) is 0. The van der Waals surface area contributed by atoms with Crippen molar-refractivity contribution in [3.8, 4) is 0 Å². The van der Waals surface area contributed by atoms with Crippen LogP contribution in [0.2, 0.25) is 0 Å². The van der Waals surface area contributed by atoms with Crippen LogP contribution in [0.1, 0.15) is 12.8 Å². The molecule has 0 heterocycles. The molecular weight excluding hydrogens is 122 g/mol. The largest absolute Gasteiger partial charge is 0.394 e. The van der Waals surface area contributed by atoms with E-state index in [4.69, 9.17) is 15.9 Å². The molecule has 0 bridgehead atoms.